The lowest BCUT2D eigenvalue weighted by atomic mass is 10.2. The Bertz CT molecular complexity index is 472. The predicted octanol–water partition coefficient (Wildman–Crippen LogP) is 1.19. The lowest BCUT2D eigenvalue weighted by Gasteiger charge is -1.96. The molecule has 1 aromatic heterocycles. The molecule has 2 N–H and O–H groups in total. The zero-order chi connectivity index (χ0) is 10.8. The summed E-state index contributed by atoms with van der Waals surface area (Å²) >= 11 is 8.06. The monoisotopic (exact) mass is 283 g/mol. The molecule has 0 radical (unpaired) electrons. The van der Waals surface area contributed by atoms with E-state index >= 15 is 0 Å². The number of aromatic nitrogens is 1. The Balaban J connectivity index is 2.31. The zero-order valence-corrected chi connectivity index (χ0v) is 9.85. The standard InChI is InChI=1S/C9H6BrN3OS/c10-7-4-5(1-2-11-7)3-6-8(14)13-9(15)12-6/h1-4H,(H2,12,13,14,15)/b6-3+. The van der Waals surface area contributed by atoms with E-state index in [0.29, 0.717) is 10.8 Å². The lowest BCUT2D eigenvalue weighted by Crippen LogP contribution is -2.21. The molecule has 0 bridgehead atoms. The van der Waals surface area contributed by atoms with Gasteiger partial charge in [-0.3, -0.25) is 10.1 Å². The summed E-state index contributed by atoms with van der Waals surface area (Å²) in [6.07, 6.45) is 3.36. The van der Waals surface area contributed by atoms with Gasteiger partial charge in [0.1, 0.15) is 10.3 Å². The Kier molecular flexibility index (Phi) is 2.79. The molecule has 1 aliphatic heterocycles. The highest BCUT2D eigenvalue weighted by molar-refractivity contribution is 9.10. The second-order valence-electron chi connectivity index (χ2n) is 2.88. The first kappa shape index (κ1) is 10.3. The van der Waals surface area contributed by atoms with E-state index in [9.17, 15) is 4.79 Å². The van der Waals surface area contributed by atoms with Gasteiger partial charge in [-0.25, -0.2) is 4.98 Å². The van der Waals surface area contributed by atoms with Gasteiger partial charge in [-0.1, -0.05) is 0 Å². The Morgan fingerprint density at radius 2 is 2.27 bits per heavy atom. The molecule has 0 unspecified atom stereocenters. The van der Waals surface area contributed by atoms with Crippen LogP contribution < -0.4 is 10.6 Å². The summed E-state index contributed by atoms with van der Waals surface area (Å²) < 4.78 is 0.720. The van der Waals surface area contributed by atoms with Gasteiger partial charge in [0.2, 0.25) is 0 Å². The molecule has 0 aliphatic carbocycles. The first-order valence-corrected chi connectivity index (χ1v) is 5.31. The molecule has 0 saturated carbocycles. The van der Waals surface area contributed by atoms with Crippen LogP contribution in [0.4, 0.5) is 0 Å². The topological polar surface area (TPSA) is 54.0 Å². The Morgan fingerprint density at radius 1 is 1.47 bits per heavy atom. The number of halogens is 1. The molecule has 1 amide bonds. The number of hydrogen-bond donors (Lipinski definition) is 2. The van der Waals surface area contributed by atoms with Gasteiger partial charge >= 0.3 is 0 Å². The van der Waals surface area contributed by atoms with Crippen molar-refractivity contribution < 1.29 is 4.79 Å². The Morgan fingerprint density at radius 3 is 2.87 bits per heavy atom. The summed E-state index contributed by atoms with van der Waals surface area (Å²) in [5, 5.41) is 5.59. The van der Waals surface area contributed by atoms with E-state index < -0.39 is 0 Å². The second kappa shape index (κ2) is 4.08. The molecule has 6 heteroatoms. The number of amides is 1. The lowest BCUT2D eigenvalue weighted by molar-refractivity contribution is -0.115. The average Bonchev–Trinajstić information content (AvgIpc) is 2.45. The first-order valence-electron chi connectivity index (χ1n) is 4.11. The van der Waals surface area contributed by atoms with Gasteiger partial charge in [-0.05, 0) is 51.9 Å². The molecule has 0 spiro atoms. The largest absolute Gasteiger partial charge is 0.328 e. The third kappa shape index (κ3) is 2.40. The molecule has 1 aliphatic rings. The number of rotatable bonds is 1. The van der Waals surface area contributed by atoms with Crippen LogP contribution in [0.2, 0.25) is 0 Å². The molecule has 15 heavy (non-hydrogen) atoms. The summed E-state index contributed by atoms with van der Waals surface area (Å²) in [5.74, 6) is -0.215. The minimum Gasteiger partial charge on any atom is -0.328 e. The number of nitrogens with one attached hydrogen (secondary N) is 2. The molecule has 1 aromatic rings. The van der Waals surface area contributed by atoms with Gasteiger partial charge < -0.3 is 5.32 Å². The van der Waals surface area contributed by atoms with E-state index in [1.165, 1.54) is 0 Å². The van der Waals surface area contributed by atoms with Crippen molar-refractivity contribution in [3.63, 3.8) is 0 Å². The Hall–Kier alpha value is -1.27. The smallest absolute Gasteiger partial charge is 0.273 e. The summed E-state index contributed by atoms with van der Waals surface area (Å²) in [5.41, 5.74) is 1.32. The molecule has 1 saturated heterocycles. The van der Waals surface area contributed by atoms with Crippen molar-refractivity contribution in [1.82, 2.24) is 15.6 Å². The van der Waals surface area contributed by atoms with Gasteiger partial charge in [0.05, 0.1) is 0 Å². The highest BCUT2D eigenvalue weighted by atomic mass is 79.9. The number of carbonyl (C=O) groups is 1. The van der Waals surface area contributed by atoms with Crippen LogP contribution in [0.1, 0.15) is 5.56 Å². The normalized spacial score (nSPS) is 17.8. The quantitative estimate of drug-likeness (QED) is 0.462. The van der Waals surface area contributed by atoms with E-state index in [1.807, 2.05) is 6.07 Å². The third-order valence-corrected chi connectivity index (χ3v) is 2.42. The van der Waals surface area contributed by atoms with Crippen LogP contribution in [0, 0.1) is 0 Å². The SMILES string of the molecule is O=C1NC(=S)N/C1=C/c1ccnc(Br)c1. The van der Waals surface area contributed by atoms with Crippen LogP contribution in [0.3, 0.4) is 0 Å². The minimum absolute atomic E-state index is 0.215. The fraction of sp³-hybridized carbons (Fsp3) is 0. The van der Waals surface area contributed by atoms with Gasteiger partial charge in [-0.2, -0.15) is 0 Å². The van der Waals surface area contributed by atoms with E-state index in [2.05, 4.69) is 31.5 Å². The molecular formula is C9H6BrN3OS. The maximum Gasteiger partial charge on any atom is 0.273 e. The van der Waals surface area contributed by atoms with Crippen molar-refractivity contribution in [3.05, 3.63) is 34.2 Å². The summed E-state index contributed by atoms with van der Waals surface area (Å²) in [4.78, 5) is 15.3. The first-order chi connectivity index (χ1) is 7.15. The van der Waals surface area contributed by atoms with Crippen LogP contribution in [0.5, 0.6) is 0 Å². The fourth-order valence-electron chi connectivity index (χ4n) is 1.16. The number of pyridine rings is 1. The number of nitrogens with zero attached hydrogens (tertiary/aromatic N) is 1. The minimum atomic E-state index is -0.215. The van der Waals surface area contributed by atoms with Crippen molar-refractivity contribution in [2.45, 2.75) is 0 Å². The van der Waals surface area contributed by atoms with Crippen molar-refractivity contribution in [2.75, 3.05) is 0 Å². The molecule has 1 fully saturated rings. The molecule has 76 valence electrons. The molecule has 0 aromatic carbocycles. The van der Waals surface area contributed by atoms with Gasteiger partial charge in [0, 0.05) is 6.20 Å². The second-order valence-corrected chi connectivity index (χ2v) is 4.10. The van der Waals surface area contributed by atoms with E-state index in [1.54, 1.807) is 18.3 Å². The van der Waals surface area contributed by atoms with Crippen LogP contribution in [0.25, 0.3) is 6.08 Å². The molecule has 4 nitrogen and oxygen atoms in total. The highest BCUT2D eigenvalue weighted by Gasteiger charge is 2.19. The molecular weight excluding hydrogens is 278 g/mol. The number of hydrogen-bond acceptors (Lipinski definition) is 3. The van der Waals surface area contributed by atoms with E-state index in [4.69, 9.17) is 12.2 Å². The maximum atomic E-state index is 11.3. The van der Waals surface area contributed by atoms with Gasteiger partial charge in [0.15, 0.2) is 5.11 Å². The van der Waals surface area contributed by atoms with E-state index in [-0.39, 0.29) is 5.91 Å². The summed E-state index contributed by atoms with van der Waals surface area (Å²) in [6, 6.07) is 3.61. The van der Waals surface area contributed by atoms with Crippen molar-refractivity contribution in [2.24, 2.45) is 0 Å². The van der Waals surface area contributed by atoms with Crippen molar-refractivity contribution >= 4 is 45.2 Å². The van der Waals surface area contributed by atoms with Gasteiger partial charge in [-0.15, -0.1) is 0 Å². The summed E-state index contributed by atoms with van der Waals surface area (Å²) in [7, 11) is 0. The third-order valence-electron chi connectivity index (χ3n) is 1.78. The maximum absolute atomic E-state index is 11.3. The molecule has 2 rings (SSSR count). The van der Waals surface area contributed by atoms with Crippen molar-refractivity contribution in [1.29, 1.82) is 0 Å². The fourth-order valence-corrected chi connectivity index (χ4v) is 1.74. The van der Waals surface area contributed by atoms with Crippen molar-refractivity contribution in [3.8, 4) is 0 Å². The average molecular weight is 284 g/mol. The van der Waals surface area contributed by atoms with Crippen LogP contribution >= 0.6 is 28.1 Å². The number of thiocarbonyl (C=S) groups is 1. The summed E-state index contributed by atoms with van der Waals surface area (Å²) in [6.45, 7) is 0. The molecule has 2 heterocycles. The van der Waals surface area contributed by atoms with Crippen LogP contribution in [0.15, 0.2) is 28.6 Å². The molecule has 0 atom stereocenters. The predicted molar refractivity (Wildman–Crippen MR) is 63.8 cm³/mol. The highest BCUT2D eigenvalue weighted by Crippen LogP contribution is 2.12. The van der Waals surface area contributed by atoms with Gasteiger partial charge in [0.25, 0.3) is 5.91 Å². The zero-order valence-electron chi connectivity index (χ0n) is 7.45. The Labute approximate surface area is 99.9 Å². The van der Waals surface area contributed by atoms with Crippen LogP contribution in [-0.4, -0.2) is 16.0 Å². The van der Waals surface area contributed by atoms with Crippen LogP contribution in [-0.2, 0) is 4.79 Å². The van der Waals surface area contributed by atoms with E-state index in [0.717, 1.165) is 10.2 Å². The number of carbonyl (C=O) groups excluding carboxylic acids is 1.